The first-order valence-corrected chi connectivity index (χ1v) is 5.24. The quantitative estimate of drug-likeness (QED) is 0.603. The molecule has 0 bridgehead atoms. The van der Waals surface area contributed by atoms with E-state index in [0.29, 0.717) is 0 Å². The molecule has 0 aromatic rings. The highest BCUT2D eigenvalue weighted by Crippen LogP contribution is 2.15. The molecule has 1 aliphatic heterocycles. The standard InChI is InChI=1S/C7H13O2Si/c1-7(6-8)10-5-3-2-4-9-10/h8H,1-6H2. The summed E-state index contributed by atoms with van der Waals surface area (Å²) < 4.78 is 5.47. The van der Waals surface area contributed by atoms with Crippen LogP contribution in [0.1, 0.15) is 12.8 Å². The lowest BCUT2D eigenvalue weighted by molar-refractivity contribution is 0.281. The predicted octanol–water partition coefficient (Wildman–Crippen LogP) is 0.876. The van der Waals surface area contributed by atoms with Gasteiger partial charge in [-0.3, -0.25) is 0 Å². The van der Waals surface area contributed by atoms with E-state index in [1.165, 1.54) is 12.8 Å². The SMILES string of the molecule is C=C(CO)[Si]1CCCCO1. The zero-order chi connectivity index (χ0) is 7.40. The summed E-state index contributed by atoms with van der Waals surface area (Å²) in [6.07, 6.45) is 2.42. The van der Waals surface area contributed by atoms with Gasteiger partial charge in [0.15, 0.2) is 0 Å². The van der Waals surface area contributed by atoms with Crippen molar-refractivity contribution in [2.45, 2.75) is 18.9 Å². The molecule has 1 radical (unpaired) electrons. The second-order valence-electron chi connectivity index (χ2n) is 2.49. The van der Waals surface area contributed by atoms with Gasteiger partial charge in [0.25, 0.3) is 0 Å². The highest BCUT2D eigenvalue weighted by atomic mass is 28.3. The zero-order valence-electron chi connectivity index (χ0n) is 6.10. The van der Waals surface area contributed by atoms with Gasteiger partial charge in [-0.25, -0.2) is 0 Å². The van der Waals surface area contributed by atoms with Crippen molar-refractivity contribution in [2.75, 3.05) is 13.2 Å². The third-order valence-corrected chi connectivity index (χ3v) is 3.97. The van der Waals surface area contributed by atoms with E-state index in [1.54, 1.807) is 0 Å². The number of hydrogen-bond donors (Lipinski definition) is 1. The number of rotatable bonds is 2. The largest absolute Gasteiger partial charge is 0.412 e. The molecule has 0 atom stereocenters. The Hall–Kier alpha value is -0.123. The van der Waals surface area contributed by atoms with E-state index >= 15 is 0 Å². The molecular formula is C7H13O2Si. The second kappa shape index (κ2) is 3.90. The molecule has 1 aliphatic rings. The predicted molar refractivity (Wildman–Crippen MR) is 42.0 cm³/mol. The summed E-state index contributed by atoms with van der Waals surface area (Å²) in [5, 5.41) is 9.65. The summed E-state index contributed by atoms with van der Waals surface area (Å²) in [5.74, 6) is 0. The highest BCUT2D eigenvalue weighted by Gasteiger charge is 2.19. The normalized spacial score (nSPS) is 20.9. The Morgan fingerprint density at radius 1 is 1.60 bits per heavy atom. The molecule has 1 heterocycles. The van der Waals surface area contributed by atoms with Crippen LogP contribution in [0.2, 0.25) is 6.04 Å². The Morgan fingerprint density at radius 2 is 2.40 bits per heavy atom. The van der Waals surface area contributed by atoms with Crippen molar-refractivity contribution in [3.8, 4) is 0 Å². The van der Waals surface area contributed by atoms with Crippen LogP contribution in [-0.2, 0) is 4.43 Å². The minimum Gasteiger partial charge on any atom is -0.412 e. The van der Waals surface area contributed by atoms with E-state index < -0.39 is 9.04 Å². The van der Waals surface area contributed by atoms with E-state index in [-0.39, 0.29) is 6.61 Å². The van der Waals surface area contributed by atoms with Gasteiger partial charge in [-0.15, -0.1) is 0 Å². The van der Waals surface area contributed by atoms with E-state index in [2.05, 4.69) is 6.58 Å². The van der Waals surface area contributed by atoms with Gasteiger partial charge in [-0.2, -0.15) is 0 Å². The molecule has 0 aliphatic carbocycles. The van der Waals surface area contributed by atoms with Gasteiger partial charge < -0.3 is 9.53 Å². The molecule has 0 saturated carbocycles. The summed E-state index contributed by atoms with van der Waals surface area (Å²) >= 11 is 0. The third kappa shape index (κ3) is 1.93. The third-order valence-electron chi connectivity index (χ3n) is 1.66. The maximum absolute atomic E-state index is 8.73. The van der Waals surface area contributed by atoms with Crippen LogP contribution in [0.4, 0.5) is 0 Å². The fourth-order valence-electron chi connectivity index (χ4n) is 1.02. The van der Waals surface area contributed by atoms with E-state index in [1.807, 2.05) is 0 Å². The average molecular weight is 157 g/mol. The van der Waals surface area contributed by atoms with Crippen molar-refractivity contribution in [2.24, 2.45) is 0 Å². The molecule has 3 heteroatoms. The van der Waals surface area contributed by atoms with E-state index in [4.69, 9.17) is 9.53 Å². The maximum atomic E-state index is 8.73. The summed E-state index contributed by atoms with van der Waals surface area (Å²) in [4.78, 5) is 0. The first-order valence-electron chi connectivity index (χ1n) is 3.62. The van der Waals surface area contributed by atoms with Crippen LogP contribution < -0.4 is 0 Å². The summed E-state index contributed by atoms with van der Waals surface area (Å²) in [5.41, 5.74) is 0. The lowest BCUT2D eigenvalue weighted by Gasteiger charge is -2.20. The summed E-state index contributed by atoms with van der Waals surface area (Å²) in [6, 6.07) is 1.13. The molecule has 1 rings (SSSR count). The molecule has 2 nitrogen and oxygen atoms in total. The zero-order valence-corrected chi connectivity index (χ0v) is 7.10. The summed E-state index contributed by atoms with van der Waals surface area (Å²) in [6.45, 7) is 4.74. The molecule has 57 valence electrons. The molecule has 1 N–H and O–H groups in total. The Morgan fingerprint density at radius 3 is 2.90 bits per heavy atom. The monoisotopic (exact) mass is 157 g/mol. The van der Waals surface area contributed by atoms with Crippen molar-refractivity contribution in [1.29, 1.82) is 0 Å². The average Bonchev–Trinajstić information content (AvgIpc) is 2.05. The molecule has 1 saturated heterocycles. The molecular weight excluding hydrogens is 144 g/mol. The van der Waals surface area contributed by atoms with Gasteiger partial charge >= 0.3 is 0 Å². The lowest BCUT2D eigenvalue weighted by Crippen LogP contribution is -2.26. The molecule has 0 aromatic carbocycles. The summed E-state index contributed by atoms with van der Waals surface area (Å²) in [7, 11) is -0.821. The Bertz CT molecular complexity index is 119. The van der Waals surface area contributed by atoms with Gasteiger partial charge in [0.2, 0.25) is 9.04 Å². The molecule has 0 amide bonds. The first-order chi connectivity index (χ1) is 4.84. The second-order valence-corrected chi connectivity index (χ2v) is 4.83. The Labute approximate surface area is 63.2 Å². The fraction of sp³-hybridized carbons (Fsp3) is 0.714. The van der Waals surface area contributed by atoms with Gasteiger partial charge in [-0.1, -0.05) is 13.0 Å². The topological polar surface area (TPSA) is 29.5 Å². The van der Waals surface area contributed by atoms with Crippen molar-refractivity contribution < 1.29 is 9.53 Å². The van der Waals surface area contributed by atoms with Crippen LogP contribution in [-0.4, -0.2) is 27.4 Å². The van der Waals surface area contributed by atoms with Crippen LogP contribution in [0.3, 0.4) is 0 Å². The fourth-order valence-corrected chi connectivity index (χ4v) is 2.86. The van der Waals surface area contributed by atoms with Crippen LogP contribution in [0.5, 0.6) is 0 Å². The first kappa shape index (κ1) is 7.98. The van der Waals surface area contributed by atoms with Crippen LogP contribution in [0, 0.1) is 0 Å². The van der Waals surface area contributed by atoms with Gasteiger partial charge in [0.1, 0.15) is 0 Å². The van der Waals surface area contributed by atoms with Gasteiger partial charge in [0, 0.05) is 6.61 Å². The number of aliphatic hydroxyl groups excluding tert-OH is 1. The van der Waals surface area contributed by atoms with E-state index in [9.17, 15) is 0 Å². The number of aliphatic hydroxyl groups is 1. The molecule has 0 aromatic heterocycles. The van der Waals surface area contributed by atoms with E-state index in [0.717, 1.165) is 17.8 Å². The van der Waals surface area contributed by atoms with Crippen molar-refractivity contribution in [3.05, 3.63) is 11.8 Å². The van der Waals surface area contributed by atoms with Gasteiger partial charge in [-0.05, 0) is 17.7 Å². The lowest BCUT2D eigenvalue weighted by atomic mass is 10.4. The Kier molecular flexibility index (Phi) is 3.12. The highest BCUT2D eigenvalue weighted by molar-refractivity contribution is 6.60. The van der Waals surface area contributed by atoms with Crippen molar-refractivity contribution in [3.63, 3.8) is 0 Å². The Balaban J connectivity index is 2.31. The van der Waals surface area contributed by atoms with Crippen LogP contribution >= 0.6 is 0 Å². The van der Waals surface area contributed by atoms with Crippen LogP contribution in [0.15, 0.2) is 11.8 Å². The molecule has 0 unspecified atom stereocenters. The number of hydrogen-bond acceptors (Lipinski definition) is 2. The van der Waals surface area contributed by atoms with Crippen molar-refractivity contribution in [1.82, 2.24) is 0 Å². The molecule has 10 heavy (non-hydrogen) atoms. The van der Waals surface area contributed by atoms with Crippen LogP contribution in [0.25, 0.3) is 0 Å². The maximum Gasteiger partial charge on any atom is 0.244 e. The van der Waals surface area contributed by atoms with Crippen molar-refractivity contribution >= 4 is 9.04 Å². The molecule has 1 fully saturated rings. The molecule has 0 spiro atoms. The van der Waals surface area contributed by atoms with Gasteiger partial charge in [0.05, 0.1) is 6.61 Å². The smallest absolute Gasteiger partial charge is 0.244 e. The minimum atomic E-state index is -0.821. The minimum absolute atomic E-state index is 0.105.